The van der Waals surface area contributed by atoms with Gasteiger partial charge in [0.25, 0.3) is 5.91 Å². The Morgan fingerprint density at radius 2 is 1.89 bits per heavy atom. The summed E-state index contributed by atoms with van der Waals surface area (Å²) in [7, 11) is 1.64. The van der Waals surface area contributed by atoms with Crippen LogP contribution >= 0.6 is 27.5 Å². The maximum absolute atomic E-state index is 12.8. The molecule has 0 radical (unpaired) electrons. The van der Waals surface area contributed by atoms with E-state index in [0.717, 1.165) is 4.90 Å². The maximum Gasteiger partial charge on any atom is 0.251 e. The Kier molecular flexibility index (Phi) is 5.94. The van der Waals surface area contributed by atoms with Crippen LogP contribution in [0.5, 0.6) is 0 Å². The monoisotopic (exact) mass is 449 g/mol. The lowest BCUT2D eigenvalue weighted by molar-refractivity contribution is -0.123. The molecule has 0 spiro atoms. The number of anilines is 2. The minimum Gasteiger partial charge on any atom is -0.324 e. The molecule has 1 atom stereocenters. The third-order valence-electron chi connectivity index (χ3n) is 4.29. The summed E-state index contributed by atoms with van der Waals surface area (Å²) in [4.78, 5) is 40.2. The Labute approximate surface area is 170 Å². The van der Waals surface area contributed by atoms with Gasteiger partial charge < -0.3 is 5.32 Å². The lowest BCUT2D eigenvalue weighted by Gasteiger charge is -2.22. The SMILES string of the molecule is CN(CC(=O)Nc1ccccc1Cl)[C@@H]1CC(=O)N(c2ccccc2Br)C1=O. The van der Waals surface area contributed by atoms with Gasteiger partial charge in [0.15, 0.2) is 0 Å². The van der Waals surface area contributed by atoms with Crippen LogP contribution in [0, 0.1) is 0 Å². The van der Waals surface area contributed by atoms with E-state index >= 15 is 0 Å². The van der Waals surface area contributed by atoms with Crippen LogP contribution in [0.3, 0.4) is 0 Å². The van der Waals surface area contributed by atoms with Crippen molar-refractivity contribution in [1.82, 2.24) is 4.90 Å². The van der Waals surface area contributed by atoms with Gasteiger partial charge in [0.2, 0.25) is 11.8 Å². The van der Waals surface area contributed by atoms with Crippen molar-refractivity contribution in [3.05, 3.63) is 58.0 Å². The average Bonchev–Trinajstić information content (AvgIpc) is 2.92. The van der Waals surface area contributed by atoms with Crippen molar-refractivity contribution in [3.8, 4) is 0 Å². The number of likely N-dealkylation sites (N-methyl/N-ethyl adjacent to an activating group) is 1. The van der Waals surface area contributed by atoms with E-state index in [1.165, 1.54) is 0 Å². The van der Waals surface area contributed by atoms with Crippen molar-refractivity contribution in [2.24, 2.45) is 0 Å². The number of hydrogen-bond acceptors (Lipinski definition) is 4. The first-order valence-corrected chi connectivity index (χ1v) is 9.41. The van der Waals surface area contributed by atoms with Crippen LogP contribution < -0.4 is 10.2 Å². The van der Waals surface area contributed by atoms with Gasteiger partial charge >= 0.3 is 0 Å². The van der Waals surface area contributed by atoms with Crippen molar-refractivity contribution in [1.29, 1.82) is 0 Å². The summed E-state index contributed by atoms with van der Waals surface area (Å²) in [5.74, 6) is -0.958. The molecule has 1 fully saturated rings. The van der Waals surface area contributed by atoms with Crippen LogP contribution in [0.1, 0.15) is 6.42 Å². The zero-order valence-corrected chi connectivity index (χ0v) is 16.8. The fraction of sp³-hybridized carbons (Fsp3) is 0.211. The molecule has 1 aliphatic rings. The van der Waals surface area contributed by atoms with Crippen LogP contribution in [-0.2, 0) is 14.4 Å². The molecule has 2 aromatic rings. The van der Waals surface area contributed by atoms with E-state index in [9.17, 15) is 14.4 Å². The molecule has 3 rings (SSSR count). The molecule has 3 amide bonds. The van der Waals surface area contributed by atoms with E-state index in [-0.39, 0.29) is 30.7 Å². The molecule has 0 bridgehead atoms. The van der Waals surface area contributed by atoms with E-state index in [1.54, 1.807) is 60.5 Å². The summed E-state index contributed by atoms with van der Waals surface area (Å²) in [5.41, 5.74) is 1.00. The van der Waals surface area contributed by atoms with Gasteiger partial charge in [0.1, 0.15) is 0 Å². The van der Waals surface area contributed by atoms with Gasteiger partial charge in [-0.1, -0.05) is 35.9 Å². The number of para-hydroxylation sites is 2. The van der Waals surface area contributed by atoms with Crippen molar-refractivity contribution in [3.63, 3.8) is 0 Å². The summed E-state index contributed by atoms with van der Waals surface area (Å²) >= 11 is 9.40. The Hall–Kier alpha value is -2.22. The number of benzene rings is 2. The Balaban J connectivity index is 1.69. The van der Waals surface area contributed by atoms with E-state index in [1.807, 2.05) is 0 Å². The topological polar surface area (TPSA) is 69.7 Å². The molecule has 2 aromatic carbocycles. The molecule has 6 nitrogen and oxygen atoms in total. The fourth-order valence-electron chi connectivity index (χ4n) is 2.94. The predicted molar refractivity (Wildman–Crippen MR) is 108 cm³/mol. The second-order valence-corrected chi connectivity index (χ2v) is 7.44. The quantitative estimate of drug-likeness (QED) is 0.710. The number of nitrogens with zero attached hydrogens (tertiary/aromatic N) is 2. The molecular formula is C19H17BrClN3O3. The lowest BCUT2D eigenvalue weighted by atomic mass is 10.2. The van der Waals surface area contributed by atoms with Gasteiger partial charge in [0, 0.05) is 4.47 Å². The molecule has 1 aliphatic heterocycles. The number of carbonyl (C=O) groups is 3. The van der Waals surface area contributed by atoms with Gasteiger partial charge in [-0.15, -0.1) is 0 Å². The zero-order valence-electron chi connectivity index (χ0n) is 14.5. The Bertz CT molecular complexity index is 905. The Morgan fingerprint density at radius 1 is 1.22 bits per heavy atom. The number of imide groups is 1. The predicted octanol–water partition coefficient (Wildman–Crippen LogP) is 3.30. The number of amides is 3. The van der Waals surface area contributed by atoms with E-state index < -0.39 is 6.04 Å². The standard InChI is InChI=1S/C19H17BrClN3O3/c1-23(11-17(25)22-14-8-4-3-7-13(14)21)16-10-18(26)24(19(16)27)15-9-5-2-6-12(15)20/h2-9,16H,10-11H2,1H3,(H,22,25)/t16-/m1/s1. The van der Waals surface area contributed by atoms with Gasteiger partial charge in [-0.25, -0.2) is 4.90 Å². The second-order valence-electron chi connectivity index (χ2n) is 6.18. The summed E-state index contributed by atoms with van der Waals surface area (Å²) in [6, 6.07) is 13.2. The number of halogens is 2. The summed E-state index contributed by atoms with van der Waals surface area (Å²) in [6.45, 7) is -0.0429. The average molecular weight is 451 g/mol. The van der Waals surface area contributed by atoms with Gasteiger partial charge in [-0.2, -0.15) is 0 Å². The third-order valence-corrected chi connectivity index (χ3v) is 5.29. The fourth-order valence-corrected chi connectivity index (χ4v) is 3.58. The van der Waals surface area contributed by atoms with Crippen molar-refractivity contribution >= 4 is 56.6 Å². The minimum atomic E-state index is -0.693. The molecule has 27 heavy (non-hydrogen) atoms. The first-order chi connectivity index (χ1) is 12.9. The summed E-state index contributed by atoms with van der Waals surface area (Å²) in [5, 5.41) is 3.14. The largest absolute Gasteiger partial charge is 0.324 e. The van der Waals surface area contributed by atoms with E-state index in [0.29, 0.717) is 20.9 Å². The molecular weight excluding hydrogens is 434 g/mol. The van der Waals surface area contributed by atoms with Crippen molar-refractivity contribution in [2.45, 2.75) is 12.5 Å². The number of carbonyl (C=O) groups excluding carboxylic acids is 3. The van der Waals surface area contributed by atoms with Crippen LogP contribution in [0.25, 0.3) is 0 Å². The molecule has 1 N–H and O–H groups in total. The number of nitrogens with one attached hydrogen (secondary N) is 1. The molecule has 1 heterocycles. The molecule has 8 heteroatoms. The highest BCUT2D eigenvalue weighted by Crippen LogP contribution is 2.31. The van der Waals surface area contributed by atoms with Crippen LogP contribution in [0.2, 0.25) is 5.02 Å². The normalized spacial score (nSPS) is 16.9. The molecule has 0 aliphatic carbocycles. The van der Waals surface area contributed by atoms with E-state index in [4.69, 9.17) is 11.6 Å². The van der Waals surface area contributed by atoms with Crippen LogP contribution in [0.15, 0.2) is 53.0 Å². The van der Waals surface area contributed by atoms with Crippen LogP contribution in [0.4, 0.5) is 11.4 Å². The number of hydrogen-bond donors (Lipinski definition) is 1. The lowest BCUT2D eigenvalue weighted by Crippen LogP contribution is -2.43. The first-order valence-electron chi connectivity index (χ1n) is 8.24. The van der Waals surface area contributed by atoms with E-state index in [2.05, 4.69) is 21.2 Å². The van der Waals surface area contributed by atoms with Crippen molar-refractivity contribution in [2.75, 3.05) is 23.8 Å². The minimum absolute atomic E-state index is 0.0238. The van der Waals surface area contributed by atoms with Crippen molar-refractivity contribution < 1.29 is 14.4 Å². The molecule has 140 valence electrons. The smallest absolute Gasteiger partial charge is 0.251 e. The highest BCUT2D eigenvalue weighted by molar-refractivity contribution is 9.10. The molecule has 0 aromatic heterocycles. The zero-order chi connectivity index (χ0) is 19.6. The van der Waals surface area contributed by atoms with Gasteiger partial charge in [-0.05, 0) is 47.2 Å². The first kappa shape index (κ1) is 19.5. The second kappa shape index (κ2) is 8.21. The van der Waals surface area contributed by atoms with Crippen LogP contribution in [-0.4, -0.2) is 42.3 Å². The summed E-state index contributed by atoms with van der Waals surface area (Å²) in [6.07, 6.45) is 0.0238. The highest BCUT2D eigenvalue weighted by Gasteiger charge is 2.42. The molecule has 0 saturated carbocycles. The molecule has 1 saturated heterocycles. The third kappa shape index (κ3) is 4.21. The number of rotatable bonds is 5. The molecule has 0 unspecified atom stereocenters. The van der Waals surface area contributed by atoms with Gasteiger partial charge in [0.05, 0.1) is 35.4 Å². The van der Waals surface area contributed by atoms with Gasteiger partial charge in [-0.3, -0.25) is 19.3 Å². The Morgan fingerprint density at radius 3 is 2.59 bits per heavy atom. The highest BCUT2D eigenvalue weighted by atomic mass is 79.9. The summed E-state index contributed by atoms with van der Waals surface area (Å²) < 4.78 is 0.659. The maximum atomic E-state index is 12.8.